The molecular weight excluding hydrogens is 496 g/mol. The number of anilines is 1. The van der Waals surface area contributed by atoms with Crippen molar-refractivity contribution in [3.63, 3.8) is 0 Å². The third-order valence-corrected chi connectivity index (χ3v) is 10.2. The molecule has 3 unspecified atom stereocenters. The minimum atomic E-state index is -0.796. The summed E-state index contributed by atoms with van der Waals surface area (Å²) in [4.78, 5) is 41.9. The van der Waals surface area contributed by atoms with Gasteiger partial charge >= 0.3 is 5.97 Å². The maximum absolute atomic E-state index is 13.8. The molecule has 3 aliphatic heterocycles. The zero-order valence-corrected chi connectivity index (χ0v) is 21.0. The minimum Gasteiger partial charge on any atom is -0.466 e. The highest BCUT2D eigenvalue weighted by Gasteiger charge is 2.76. The fourth-order valence-electron chi connectivity index (χ4n) is 5.64. The molecular formula is C23H29BrN2O5S. The van der Waals surface area contributed by atoms with Crippen LogP contribution in [-0.2, 0) is 19.1 Å². The molecule has 1 spiro atoms. The Bertz CT molecular complexity index is 938. The first kappa shape index (κ1) is 23.6. The van der Waals surface area contributed by atoms with Crippen molar-refractivity contribution in [2.24, 2.45) is 11.8 Å². The number of nitrogens with zero attached hydrogens (tertiary/aromatic N) is 1. The number of rotatable bonds is 6. The summed E-state index contributed by atoms with van der Waals surface area (Å²) in [5, 5.41) is 12.8. The lowest BCUT2D eigenvalue weighted by molar-refractivity contribution is -0.154. The summed E-state index contributed by atoms with van der Waals surface area (Å²) in [6.45, 7) is 7.31. The quantitative estimate of drug-likeness (QED) is 0.438. The number of fused-ring (bicyclic) bond motifs is 1. The van der Waals surface area contributed by atoms with Crippen molar-refractivity contribution in [2.45, 2.75) is 61.0 Å². The summed E-state index contributed by atoms with van der Waals surface area (Å²) >= 11 is 5.27. The summed E-state index contributed by atoms with van der Waals surface area (Å²) in [5.74, 6) is -2.18. The van der Waals surface area contributed by atoms with Gasteiger partial charge in [0.2, 0.25) is 11.8 Å². The number of aryl methyl sites for hydroxylation is 2. The van der Waals surface area contributed by atoms with Gasteiger partial charge in [0.05, 0.1) is 35.8 Å². The van der Waals surface area contributed by atoms with Crippen LogP contribution in [0.5, 0.6) is 0 Å². The van der Waals surface area contributed by atoms with Crippen LogP contribution in [0.15, 0.2) is 18.2 Å². The van der Waals surface area contributed by atoms with Gasteiger partial charge in [-0.1, -0.05) is 34.1 Å². The number of para-hydroxylation sites is 1. The van der Waals surface area contributed by atoms with E-state index < -0.39 is 28.7 Å². The second-order valence-electron chi connectivity index (χ2n) is 8.95. The van der Waals surface area contributed by atoms with Crippen molar-refractivity contribution in [1.29, 1.82) is 0 Å². The number of aliphatic hydroxyl groups is 1. The molecule has 2 bridgehead atoms. The average Bonchev–Trinajstić information content (AvgIpc) is 3.33. The van der Waals surface area contributed by atoms with E-state index in [0.29, 0.717) is 6.42 Å². The number of hydrogen-bond donors (Lipinski definition) is 2. The highest BCUT2D eigenvalue weighted by atomic mass is 79.9. The largest absolute Gasteiger partial charge is 0.466 e. The van der Waals surface area contributed by atoms with E-state index in [4.69, 9.17) is 4.74 Å². The van der Waals surface area contributed by atoms with Crippen LogP contribution in [0, 0.1) is 25.7 Å². The Morgan fingerprint density at radius 3 is 2.62 bits per heavy atom. The SMILES string of the molecule is CCOC(=O)[C@H]1[C@@H]2SC3(CC2Br)C(C(=O)Nc2c(C)cccc2C)N([C@H](C)CO)C(=O)[C@H]13. The summed E-state index contributed by atoms with van der Waals surface area (Å²) in [7, 11) is 0. The predicted octanol–water partition coefficient (Wildman–Crippen LogP) is 2.65. The highest BCUT2D eigenvalue weighted by molar-refractivity contribution is 9.09. The Hall–Kier alpha value is -1.58. The first-order chi connectivity index (χ1) is 15.2. The minimum absolute atomic E-state index is 0.00848. The number of hydrogen-bond acceptors (Lipinski definition) is 6. The Labute approximate surface area is 200 Å². The zero-order chi connectivity index (χ0) is 23.4. The fraction of sp³-hybridized carbons (Fsp3) is 0.609. The molecule has 32 heavy (non-hydrogen) atoms. The van der Waals surface area contributed by atoms with Gasteiger partial charge in [-0.2, -0.15) is 0 Å². The first-order valence-corrected chi connectivity index (χ1v) is 12.8. The maximum Gasteiger partial charge on any atom is 0.310 e. The number of nitrogens with one attached hydrogen (secondary N) is 1. The number of esters is 1. The number of carbonyl (C=O) groups is 3. The number of thioether (sulfide) groups is 1. The summed E-state index contributed by atoms with van der Waals surface area (Å²) in [5.41, 5.74) is 2.60. The summed E-state index contributed by atoms with van der Waals surface area (Å²) in [6.07, 6.45) is 0.591. The van der Waals surface area contributed by atoms with Gasteiger partial charge in [-0.3, -0.25) is 14.4 Å². The zero-order valence-electron chi connectivity index (χ0n) is 18.6. The monoisotopic (exact) mass is 524 g/mol. The molecule has 7 nitrogen and oxygen atoms in total. The molecule has 0 aliphatic carbocycles. The van der Waals surface area contributed by atoms with Gasteiger partial charge in [0.15, 0.2) is 0 Å². The van der Waals surface area contributed by atoms with E-state index >= 15 is 0 Å². The van der Waals surface area contributed by atoms with Gasteiger partial charge in [-0.05, 0) is 45.2 Å². The lowest BCUT2D eigenvalue weighted by Crippen LogP contribution is -2.54. The van der Waals surface area contributed by atoms with Crippen molar-refractivity contribution in [1.82, 2.24) is 4.90 Å². The highest BCUT2D eigenvalue weighted by Crippen LogP contribution is 2.68. The topological polar surface area (TPSA) is 95.9 Å². The van der Waals surface area contributed by atoms with Crippen LogP contribution in [-0.4, -0.2) is 67.9 Å². The van der Waals surface area contributed by atoms with E-state index in [0.717, 1.165) is 16.8 Å². The van der Waals surface area contributed by atoms with E-state index in [-0.39, 0.29) is 41.1 Å². The van der Waals surface area contributed by atoms with E-state index in [1.165, 1.54) is 4.90 Å². The van der Waals surface area contributed by atoms with E-state index in [2.05, 4.69) is 21.2 Å². The van der Waals surface area contributed by atoms with Gasteiger partial charge in [-0.25, -0.2) is 0 Å². The van der Waals surface area contributed by atoms with Gasteiger partial charge in [0.25, 0.3) is 0 Å². The number of likely N-dealkylation sites (tertiary alicyclic amines) is 1. The Morgan fingerprint density at radius 2 is 2.03 bits per heavy atom. The molecule has 2 amide bonds. The first-order valence-electron chi connectivity index (χ1n) is 11.0. The van der Waals surface area contributed by atoms with Crippen LogP contribution in [0.2, 0.25) is 0 Å². The molecule has 0 aromatic heterocycles. The molecule has 0 radical (unpaired) electrons. The van der Waals surface area contributed by atoms with Crippen molar-refractivity contribution in [3.05, 3.63) is 29.3 Å². The van der Waals surface area contributed by atoms with Gasteiger partial charge < -0.3 is 20.1 Å². The van der Waals surface area contributed by atoms with Gasteiger partial charge in [0, 0.05) is 15.8 Å². The number of alkyl halides is 1. The third kappa shape index (κ3) is 3.39. The Balaban J connectivity index is 1.77. The molecule has 4 rings (SSSR count). The molecule has 1 aromatic rings. The number of aliphatic hydroxyl groups excluding tert-OH is 1. The van der Waals surface area contributed by atoms with Crippen LogP contribution in [0.4, 0.5) is 5.69 Å². The molecule has 0 saturated carbocycles. The summed E-state index contributed by atoms with van der Waals surface area (Å²) in [6, 6.07) is 4.45. The average molecular weight is 525 g/mol. The van der Waals surface area contributed by atoms with Crippen molar-refractivity contribution in [2.75, 3.05) is 18.5 Å². The van der Waals surface area contributed by atoms with Gasteiger partial charge in [0.1, 0.15) is 6.04 Å². The lowest BCUT2D eigenvalue weighted by Gasteiger charge is -2.36. The van der Waals surface area contributed by atoms with E-state index in [1.807, 2.05) is 32.0 Å². The van der Waals surface area contributed by atoms with Crippen molar-refractivity contribution in [3.8, 4) is 0 Å². The van der Waals surface area contributed by atoms with Crippen molar-refractivity contribution < 1.29 is 24.2 Å². The van der Waals surface area contributed by atoms with Crippen LogP contribution in [0.3, 0.4) is 0 Å². The standard InChI is InChI=1S/C23H29BrN2O5S/c1-5-31-22(30)15-16-21(29)26(13(4)10-27)19(23(16)9-14(24)18(15)32-23)20(28)25-17-11(2)7-6-8-12(17)3/h6-8,13-16,18-19,27H,5,9-10H2,1-4H3,(H,25,28)/t13-,14?,15-,16+,18-,19?,23?/m1/s1. The molecule has 7 atom stereocenters. The molecule has 3 fully saturated rings. The van der Waals surface area contributed by atoms with Gasteiger partial charge in [-0.15, -0.1) is 11.8 Å². The van der Waals surface area contributed by atoms with E-state index in [9.17, 15) is 19.5 Å². The Kier molecular flexibility index (Phi) is 6.37. The smallest absolute Gasteiger partial charge is 0.310 e. The Morgan fingerprint density at radius 1 is 1.38 bits per heavy atom. The number of ether oxygens (including phenoxy) is 1. The fourth-order valence-corrected chi connectivity index (χ4v) is 9.23. The van der Waals surface area contributed by atoms with E-state index in [1.54, 1.807) is 25.6 Å². The second-order valence-corrected chi connectivity index (χ2v) is 11.7. The molecule has 3 aliphatic rings. The lowest BCUT2D eigenvalue weighted by atomic mass is 9.71. The molecule has 174 valence electrons. The number of amides is 2. The van der Waals surface area contributed by atoms with Crippen LogP contribution >= 0.6 is 27.7 Å². The number of carbonyl (C=O) groups excluding carboxylic acids is 3. The second kappa shape index (κ2) is 8.65. The molecule has 3 heterocycles. The maximum atomic E-state index is 13.8. The molecule has 3 saturated heterocycles. The normalized spacial score (nSPS) is 33.9. The molecule has 2 N–H and O–H groups in total. The molecule has 9 heteroatoms. The van der Waals surface area contributed by atoms with Crippen LogP contribution in [0.25, 0.3) is 0 Å². The van der Waals surface area contributed by atoms with Crippen molar-refractivity contribution >= 4 is 51.2 Å². The summed E-state index contributed by atoms with van der Waals surface area (Å²) < 4.78 is 4.58. The number of benzene rings is 1. The third-order valence-electron chi connectivity index (χ3n) is 7.00. The van der Waals surface area contributed by atoms with Crippen LogP contribution < -0.4 is 5.32 Å². The predicted molar refractivity (Wildman–Crippen MR) is 127 cm³/mol. The molecule has 1 aromatic carbocycles. The number of halogens is 1. The van der Waals surface area contributed by atoms with Crippen LogP contribution in [0.1, 0.15) is 31.4 Å².